The molecule has 0 aliphatic rings. The molecule has 0 spiro atoms. The summed E-state index contributed by atoms with van der Waals surface area (Å²) in [5.41, 5.74) is 0. The summed E-state index contributed by atoms with van der Waals surface area (Å²) in [7, 11) is -4.53. The third kappa shape index (κ3) is 3.78. The van der Waals surface area contributed by atoms with Crippen LogP contribution in [0.3, 0.4) is 0 Å². The Morgan fingerprint density at radius 1 is 1.21 bits per heavy atom. The zero-order valence-electron chi connectivity index (χ0n) is 6.35. The molecule has 11 heteroatoms. The number of hydrogen-bond acceptors (Lipinski definition) is 4. The van der Waals surface area contributed by atoms with Gasteiger partial charge in [-0.15, -0.1) is 0 Å². The van der Waals surface area contributed by atoms with Gasteiger partial charge in [0, 0.05) is 0 Å². The fourth-order valence-electron chi connectivity index (χ4n) is 0.240. The second kappa shape index (κ2) is 4.02. The molecule has 88 valence electrons. The second-order valence-electron chi connectivity index (χ2n) is 1.99. The molecule has 0 unspecified atom stereocenters. The predicted molar refractivity (Wildman–Crippen MR) is 43.2 cm³/mol. The van der Waals surface area contributed by atoms with Crippen molar-refractivity contribution >= 4 is 30.8 Å². The molecule has 0 saturated heterocycles. The van der Waals surface area contributed by atoms with E-state index in [0.717, 1.165) is 0 Å². The molecule has 0 aromatic carbocycles. The van der Waals surface area contributed by atoms with Crippen molar-refractivity contribution in [3.63, 3.8) is 0 Å². The maximum absolute atomic E-state index is 12.2. The molecule has 0 heterocycles. The molecule has 0 rings (SSSR count). The summed E-state index contributed by atoms with van der Waals surface area (Å²) < 4.78 is 85.3. The van der Waals surface area contributed by atoms with Gasteiger partial charge in [-0.3, -0.25) is 0 Å². The fraction of sp³-hybridized carbons (Fsp3) is 1.00. The van der Waals surface area contributed by atoms with Crippen LogP contribution in [-0.2, 0) is 12.6 Å². The Kier molecular flexibility index (Phi) is 4.09. The van der Waals surface area contributed by atoms with E-state index in [4.69, 9.17) is 3.44 Å². The van der Waals surface area contributed by atoms with Gasteiger partial charge in [-0.05, 0) is 0 Å². The van der Waals surface area contributed by atoms with Gasteiger partial charge in [0.05, 0.1) is 0 Å². The molecule has 0 aliphatic carbocycles. The van der Waals surface area contributed by atoms with E-state index in [9.17, 15) is 30.4 Å². The molecule has 0 aromatic rings. The molecule has 0 aliphatic heterocycles. The molecule has 0 bridgehead atoms. The Balaban J connectivity index is 4.78. The van der Waals surface area contributed by atoms with Crippen molar-refractivity contribution in [1.82, 2.24) is 0 Å². The Hall–Kier alpha value is 0.250. The molecule has 0 amide bonds. The molecule has 4 nitrogen and oxygen atoms in total. The Morgan fingerprint density at radius 3 is 1.79 bits per heavy atom. The van der Waals surface area contributed by atoms with E-state index in [0.29, 0.717) is 0 Å². The van der Waals surface area contributed by atoms with Crippen molar-refractivity contribution in [2.45, 2.75) is 10.1 Å². The summed E-state index contributed by atoms with van der Waals surface area (Å²) in [6.07, 6.45) is -5.75. The van der Waals surface area contributed by atoms with Crippen LogP contribution in [0.4, 0.5) is 22.0 Å². The minimum absolute atomic E-state index is 0.264. The first kappa shape index (κ1) is 14.2. The van der Waals surface area contributed by atoms with Crippen LogP contribution in [0.15, 0.2) is 0 Å². The zero-order valence-corrected chi connectivity index (χ0v) is 9.32. The second-order valence-corrected chi connectivity index (χ2v) is 7.28. The molecule has 0 atom stereocenters. The summed E-state index contributed by atoms with van der Waals surface area (Å²) >= 11 is -5.39. The fourth-order valence-corrected chi connectivity index (χ4v) is 3.59. The minimum atomic E-state index is -6.02. The van der Waals surface area contributed by atoms with Gasteiger partial charge in [0.1, 0.15) is 0 Å². The number of alkyl halides is 6. The van der Waals surface area contributed by atoms with Gasteiger partial charge in [0.15, 0.2) is 0 Å². The topological polar surface area (TPSA) is 63.6 Å². The molecule has 0 radical (unpaired) electrons. The molecule has 0 aromatic heterocycles. The summed E-state index contributed by atoms with van der Waals surface area (Å²) in [5, 5.41) is 0. The van der Waals surface area contributed by atoms with Crippen LogP contribution < -0.4 is 0 Å². The normalized spacial score (nSPS) is 15.5. The van der Waals surface area contributed by atoms with Crippen LogP contribution in [0.1, 0.15) is 0 Å². The average Bonchev–Trinajstić information content (AvgIpc) is 1.80. The van der Waals surface area contributed by atoms with Crippen molar-refractivity contribution in [1.29, 1.82) is 0 Å². The van der Waals surface area contributed by atoms with Crippen molar-refractivity contribution in [2.24, 2.45) is 0 Å². The average molecular weight is 358 g/mol. The number of halogens is 6. The third-order valence-corrected chi connectivity index (χ3v) is 5.80. The summed E-state index contributed by atoms with van der Waals surface area (Å²) in [6.45, 7) is 0. The standard InChI is InChI=1S/C3H4F5IO4S/c1-14(11,12)13-9(10)3(7,8)2(4,5)6/h10H,1H3. The van der Waals surface area contributed by atoms with Gasteiger partial charge in [-0.1, -0.05) is 0 Å². The van der Waals surface area contributed by atoms with Crippen molar-refractivity contribution < 1.29 is 36.3 Å². The van der Waals surface area contributed by atoms with E-state index in [1.54, 1.807) is 0 Å². The van der Waals surface area contributed by atoms with Crippen molar-refractivity contribution in [3.05, 3.63) is 0 Å². The van der Waals surface area contributed by atoms with Gasteiger partial charge >= 0.3 is 83.4 Å². The van der Waals surface area contributed by atoms with Crippen LogP contribution in [-0.4, -0.2) is 28.2 Å². The molecular formula is C3H4F5IO4S. The van der Waals surface area contributed by atoms with E-state index in [2.05, 4.69) is 2.51 Å². The summed E-state index contributed by atoms with van der Waals surface area (Å²) in [6, 6.07) is 0. The third-order valence-electron chi connectivity index (χ3n) is 0.699. The van der Waals surface area contributed by atoms with E-state index in [1.165, 1.54) is 0 Å². The molecule has 14 heavy (non-hydrogen) atoms. The van der Waals surface area contributed by atoms with Crippen LogP contribution in [0.2, 0.25) is 0 Å². The summed E-state index contributed by atoms with van der Waals surface area (Å²) in [5.74, 6) is 0. The first-order chi connectivity index (χ1) is 5.88. The Bertz CT molecular complexity index is 297. The first-order valence-electron chi connectivity index (χ1n) is 2.62. The van der Waals surface area contributed by atoms with E-state index in [-0.39, 0.29) is 6.26 Å². The summed E-state index contributed by atoms with van der Waals surface area (Å²) in [4.78, 5) is 0. The Morgan fingerprint density at radius 2 is 1.57 bits per heavy atom. The zero-order chi connectivity index (χ0) is 11.8. The van der Waals surface area contributed by atoms with Crippen LogP contribution >= 0.6 is 20.6 Å². The van der Waals surface area contributed by atoms with E-state index < -0.39 is 40.9 Å². The van der Waals surface area contributed by atoms with E-state index >= 15 is 0 Å². The maximum atomic E-state index is 12.2. The van der Waals surface area contributed by atoms with Crippen molar-refractivity contribution in [2.75, 3.05) is 6.26 Å². The van der Waals surface area contributed by atoms with Crippen LogP contribution in [0.5, 0.6) is 0 Å². The number of hydrogen-bond donors (Lipinski definition) is 1. The molecular weight excluding hydrogens is 354 g/mol. The quantitative estimate of drug-likeness (QED) is 0.471. The predicted octanol–water partition coefficient (Wildman–Crippen LogP) is 1.45. The molecule has 0 fully saturated rings. The number of rotatable bonds is 3. The first-order valence-corrected chi connectivity index (χ1v) is 7.36. The van der Waals surface area contributed by atoms with Gasteiger partial charge in [0.25, 0.3) is 0 Å². The van der Waals surface area contributed by atoms with Crippen LogP contribution in [0, 0.1) is 0 Å². The Labute approximate surface area is 83.7 Å². The molecule has 0 saturated carbocycles. The van der Waals surface area contributed by atoms with Gasteiger partial charge < -0.3 is 0 Å². The van der Waals surface area contributed by atoms with Crippen molar-refractivity contribution in [3.8, 4) is 0 Å². The SMILES string of the molecule is CS(=O)(=O)OI(O)C(F)(F)C(F)(F)F. The van der Waals surface area contributed by atoms with E-state index in [1.807, 2.05) is 0 Å². The molecule has 1 N–H and O–H groups in total. The van der Waals surface area contributed by atoms with Gasteiger partial charge in [-0.25, -0.2) is 0 Å². The van der Waals surface area contributed by atoms with Crippen LogP contribution in [0.25, 0.3) is 0 Å². The van der Waals surface area contributed by atoms with Gasteiger partial charge in [0.2, 0.25) is 0 Å². The monoisotopic (exact) mass is 358 g/mol. The van der Waals surface area contributed by atoms with Gasteiger partial charge in [-0.2, -0.15) is 0 Å².